The van der Waals surface area contributed by atoms with Crippen LogP contribution in [0.15, 0.2) is 29.3 Å². The van der Waals surface area contributed by atoms with E-state index in [1.165, 1.54) is 12.1 Å². The summed E-state index contributed by atoms with van der Waals surface area (Å²) in [6.07, 6.45) is 0.0511. The Labute approximate surface area is 235 Å². The molecular weight excluding hydrogens is 518 g/mol. The second-order valence-electron chi connectivity index (χ2n) is 11.6. The average molecular weight is 560 g/mol. The number of hydrogen-bond acceptors (Lipinski definition) is 8. The Bertz CT molecular complexity index is 1130. The number of unbranched alkanes of at least 4 members (excludes halogenated alkanes) is 1. The molecule has 0 saturated carbocycles. The molecule has 12 heteroatoms. The Morgan fingerprint density at radius 1 is 0.900 bits per heavy atom. The van der Waals surface area contributed by atoms with E-state index >= 15 is 0 Å². The molecule has 0 aliphatic carbocycles. The summed E-state index contributed by atoms with van der Waals surface area (Å²) in [6, 6.07) is 6.27. The number of hydrogen-bond donors (Lipinski definition) is 3. The van der Waals surface area contributed by atoms with Gasteiger partial charge in [0.2, 0.25) is 5.91 Å². The van der Waals surface area contributed by atoms with Crippen molar-refractivity contribution >= 4 is 35.6 Å². The van der Waals surface area contributed by atoms with Gasteiger partial charge in [0.25, 0.3) is 11.8 Å². The molecule has 40 heavy (non-hydrogen) atoms. The third-order valence-corrected chi connectivity index (χ3v) is 5.73. The van der Waals surface area contributed by atoms with Crippen LogP contribution in [0.5, 0.6) is 0 Å². The van der Waals surface area contributed by atoms with E-state index in [9.17, 15) is 24.0 Å². The summed E-state index contributed by atoms with van der Waals surface area (Å²) in [5, 5.41) is 4.96. The fourth-order valence-corrected chi connectivity index (χ4v) is 4.05. The highest BCUT2D eigenvalue weighted by molar-refractivity contribution is 6.23. The topological polar surface area (TPSA) is 169 Å². The number of carbonyl (C=O) groups excluding carboxylic acids is 5. The fourth-order valence-electron chi connectivity index (χ4n) is 4.05. The zero-order valence-corrected chi connectivity index (χ0v) is 24.4. The van der Waals surface area contributed by atoms with E-state index in [1.807, 2.05) is 0 Å². The van der Waals surface area contributed by atoms with Crippen LogP contribution < -0.4 is 16.4 Å². The summed E-state index contributed by atoms with van der Waals surface area (Å²) in [6.45, 7) is 11.2. The number of fused-ring (bicyclic) bond motifs is 1. The monoisotopic (exact) mass is 559 g/mol. The molecule has 0 spiro atoms. The Morgan fingerprint density at radius 2 is 1.45 bits per heavy atom. The van der Waals surface area contributed by atoms with E-state index in [1.54, 1.807) is 60.6 Å². The van der Waals surface area contributed by atoms with Gasteiger partial charge in [-0.05, 0) is 79.9 Å². The highest BCUT2D eigenvalue weighted by atomic mass is 16.6. The number of nitrogens with two attached hydrogens (primary N) is 1. The SMILES string of the molecule is CC(N)=NCCCCC(CNC(=O)CNC(=O)OC(C)(C)C)(C(=O)OC(C)(C)C)N1C(=O)c2ccccc2C1=O. The van der Waals surface area contributed by atoms with Gasteiger partial charge in [-0.15, -0.1) is 0 Å². The van der Waals surface area contributed by atoms with Gasteiger partial charge in [-0.25, -0.2) is 9.59 Å². The average Bonchev–Trinajstić information content (AvgIpc) is 3.08. The first kappa shape index (κ1) is 32.3. The standard InChI is InChI=1S/C28H41N5O7/c1-18(29)30-15-11-10-14-28(24(37)39-26(2,3)4,17-32-21(34)16-31-25(38)40-27(5,6)7)33-22(35)19-12-8-9-13-20(19)23(33)36/h8-9,12-13H,10-11,14-17H2,1-7H3,(H2,29,30)(H,31,38)(H,32,34). The molecule has 1 atom stereocenters. The molecule has 4 N–H and O–H groups in total. The van der Waals surface area contributed by atoms with E-state index in [2.05, 4.69) is 15.6 Å². The number of benzene rings is 1. The lowest BCUT2D eigenvalue weighted by Crippen LogP contribution is -2.64. The highest BCUT2D eigenvalue weighted by Gasteiger charge is 2.55. The van der Waals surface area contributed by atoms with Crippen molar-refractivity contribution in [2.24, 2.45) is 10.7 Å². The molecular formula is C28H41N5O7. The number of imide groups is 1. The van der Waals surface area contributed by atoms with Crippen molar-refractivity contribution in [3.8, 4) is 0 Å². The number of alkyl carbamates (subject to hydrolysis) is 1. The largest absolute Gasteiger partial charge is 0.458 e. The smallest absolute Gasteiger partial charge is 0.408 e. The molecule has 0 bridgehead atoms. The number of ether oxygens (including phenoxy) is 2. The molecule has 1 heterocycles. The van der Waals surface area contributed by atoms with E-state index in [0.29, 0.717) is 25.2 Å². The maximum Gasteiger partial charge on any atom is 0.408 e. The Morgan fingerprint density at radius 3 is 1.95 bits per heavy atom. The summed E-state index contributed by atoms with van der Waals surface area (Å²) < 4.78 is 10.9. The summed E-state index contributed by atoms with van der Waals surface area (Å²) in [5.74, 6) is -2.41. The summed E-state index contributed by atoms with van der Waals surface area (Å²) in [5.41, 5.74) is 2.34. The molecule has 220 valence electrons. The molecule has 1 aliphatic heterocycles. The first-order valence-electron chi connectivity index (χ1n) is 13.2. The van der Waals surface area contributed by atoms with Crippen LogP contribution in [0.1, 0.15) is 88.4 Å². The van der Waals surface area contributed by atoms with Crippen molar-refractivity contribution in [2.45, 2.75) is 84.5 Å². The summed E-state index contributed by atoms with van der Waals surface area (Å²) in [4.78, 5) is 70.8. The lowest BCUT2D eigenvalue weighted by atomic mass is 9.89. The van der Waals surface area contributed by atoms with E-state index in [4.69, 9.17) is 15.2 Å². The molecule has 4 amide bonds. The molecule has 0 radical (unpaired) electrons. The molecule has 2 rings (SSSR count). The molecule has 12 nitrogen and oxygen atoms in total. The first-order valence-corrected chi connectivity index (χ1v) is 13.2. The second kappa shape index (κ2) is 12.9. The van der Waals surface area contributed by atoms with Gasteiger partial charge in [0.05, 0.1) is 30.1 Å². The minimum atomic E-state index is -1.87. The Kier molecular flexibility index (Phi) is 10.4. The fraction of sp³-hybridized carbons (Fsp3) is 0.571. The number of nitrogens with one attached hydrogen (secondary N) is 2. The molecule has 0 aromatic heterocycles. The third-order valence-electron chi connectivity index (χ3n) is 5.73. The number of carbonyl (C=O) groups is 5. The predicted octanol–water partition coefficient (Wildman–Crippen LogP) is 2.55. The van der Waals surface area contributed by atoms with Gasteiger partial charge >= 0.3 is 12.1 Å². The normalized spacial score (nSPS) is 15.3. The molecule has 1 aliphatic rings. The third kappa shape index (κ3) is 8.78. The molecule has 1 aromatic rings. The van der Waals surface area contributed by atoms with Crippen molar-refractivity contribution in [3.63, 3.8) is 0 Å². The lowest BCUT2D eigenvalue weighted by molar-refractivity contribution is -0.167. The Hall–Kier alpha value is -3.96. The second-order valence-corrected chi connectivity index (χ2v) is 11.6. The molecule has 1 aromatic carbocycles. The Balaban J connectivity index is 2.40. The van der Waals surface area contributed by atoms with Crippen LogP contribution in [0.3, 0.4) is 0 Å². The van der Waals surface area contributed by atoms with Crippen LogP contribution in [0.25, 0.3) is 0 Å². The highest BCUT2D eigenvalue weighted by Crippen LogP contribution is 2.34. The zero-order valence-electron chi connectivity index (χ0n) is 24.4. The van der Waals surface area contributed by atoms with Gasteiger partial charge in [0.15, 0.2) is 5.54 Å². The van der Waals surface area contributed by atoms with Crippen molar-refractivity contribution in [3.05, 3.63) is 35.4 Å². The number of nitrogens with zero attached hydrogens (tertiary/aromatic N) is 2. The molecule has 0 saturated heterocycles. The van der Waals surface area contributed by atoms with Crippen LogP contribution in [-0.2, 0) is 19.1 Å². The number of amides is 4. The summed E-state index contributed by atoms with van der Waals surface area (Å²) in [7, 11) is 0. The maximum atomic E-state index is 13.9. The number of amidine groups is 1. The van der Waals surface area contributed by atoms with E-state index < -0.39 is 59.6 Å². The van der Waals surface area contributed by atoms with Crippen LogP contribution >= 0.6 is 0 Å². The zero-order chi connectivity index (χ0) is 30.3. The summed E-state index contributed by atoms with van der Waals surface area (Å²) >= 11 is 0. The van der Waals surface area contributed by atoms with Crippen LogP contribution in [0, 0.1) is 0 Å². The van der Waals surface area contributed by atoms with E-state index in [0.717, 1.165) is 4.90 Å². The minimum Gasteiger partial charge on any atom is -0.458 e. The van der Waals surface area contributed by atoms with Crippen molar-refractivity contribution in [2.75, 3.05) is 19.6 Å². The molecule has 1 unspecified atom stereocenters. The number of rotatable bonds is 11. The lowest BCUT2D eigenvalue weighted by Gasteiger charge is -2.40. The van der Waals surface area contributed by atoms with Gasteiger partial charge in [-0.3, -0.25) is 24.3 Å². The van der Waals surface area contributed by atoms with Crippen molar-refractivity contribution in [1.29, 1.82) is 0 Å². The van der Waals surface area contributed by atoms with E-state index in [-0.39, 0.29) is 17.5 Å². The predicted molar refractivity (Wildman–Crippen MR) is 149 cm³/mol. The van der Waals surface area contributed by atoms with Gasteiger partial charge in [-0.1, -0.05) is 12.1 Å². The van der Waals surface area contributed by atoms with Crippen LogP contribution in [0.4, 0.5) is 4.79 Å². The first-order chi connectivity index (χ1) is 18.5. The number of aliphatic imine (C=N–C) groups is 1. The molecule has 0 fully saturated rings. The van der Waals surface area contributed by atoms with Crippen LogP contribution in [0.2, 0.25) is 0 Å². The quantitative estimate of drug-likeness (QED) is 0.122. The van der Waals surface area contributed by atoms with Gasteiger partial charge < -0.3 is 25.8 Å². The van der Waals surface area contributed by atoms with Crippen LogP contribution in [-0.4, -0.2) is 76.9 Å². The van der Waals surface area contributed by atoms with Gasteiger partial charge in [0, 0.05) is 6.54 Å². The van der Waals surface area contributed by atoms with Crippen molar-refractivity contribution in [1.82, 2.24) is 15.5 Å². The van der Waals surface area contributed by atoms with Gasteiger partial charge in [0.1, 0.15) is 11.2 Å². The van der Waals surface area contributed by atoms with Gasteiger partial charge in [-0.2, -0.15) is 0 Å². The minimum absolute atomic E-state index is 0.00764. The van der Waals surface area contributed by atoms with Crippen molar-refractivity contribution < 1.29 is 33.4 Å². The number of esters is 1. The maximum absolute atomic E-state index is 13.9.